The number of nitrogens with zero attached hydrogens (tertiary/aromatic N) is 3. The lowest BCUT2D eigenvalue weighted by atomic mass is 10.1. The lowest BCUT2D eigenvalue weighted by molar-refractivity contribution is -0.135. The number of benzene rings is 2. The number of rotatable bonds is 6. The molecular weight excluding hydrogens is 460 g/mol. The van der Waals surface area contributed by atoms with Gasteiger partial charge in [0, 0.05) is 23.6 Å². The minimum Gasteiger partial charge on any atom is -0.299 e. The van der Waals surface area contributed by atoms with E-state index in [0.717, 1.165) is 17.2 Å². The Morgan fingerprint density at radius 1 is 1.00 bits per heavy atom. The maximum atomic E-state index is 13.3. The van der Waals surface area contributed by atoms with Crippen LogP contribution in [0.5, 0.6) is 0 Å². The Balaban J connectivity index is 1.33. The molecule has 2 fully saturated rings. The van der Waals surface area contributed by atoms with Crippen molar-refractivity contribution in [3.63, 3.8) is 0 Å². The zero-order valence-corrected chi connectivity index (χ0v) is 20.8. The van der Waals surface area contributed by atoms with E-state index >= 15 is 0 Å². The number of carbonyl (C=O) groups is 2. The monoisotopic (exact) mass is 490 g/mol. The van der Waals surface area contributed by atoms with Crippen LogP contribution in [0, 0.1) is 6.92 Å². The lowest BCUT2D eigenvalue weighted by Gasteiger charge is -2.26. The molecule has 0 bridgehead atoms. The van der Waals surface area contributed by atoms with Crippen molar-refractivity contribution in [3.8, 4) is 0 Å². The van der Waals surface area contributed by atoms with Crippen molar-refractivity contribution in [2.24, 2.45) is 0 Å². The molecular formula is C27H30N4O3S. The molecule has 2 aliphatic heterocycles. The number of piperidine rings is 2. The van der Waals surface area contributed by atoms with Crippen LogP contribution in [-0.4, -0.2) is 39.4 Å². The molecule has 2 aromatic carbocycles. The molecule has 1 unspecified atom stereocenters. The fourth-order valence-electron chi connectivity index (χ4n) is 4.99. The Kier molecular flexibility index (Phi) is 7.02. The fourth-order valence-corrected chi connectivity index (χ4v) is 5.97. The van der Waals surface area contributed by atoms with E-state index in [9.17, 15) is 14.4 Å². The Morgan fingerprint density at radius 2 is 1.74 bits per heavy atom. The van der Waals surface area contributed by atoms with Gasteiger partial charge in [0.25, 0.3) is 5.56 Å². The van der Waals surface area contributed by atoms with E-state index in [1.165, 1.54) is 48.0 Å². The Labute approximate surface area is 208 Å². The van der Waals surface area contributed by atoms with Gasteiger partial charge in [0.1, 0.15) is 11.9 Å². The summed E-state index contributed by atoms with van der Waals surface area (Å²) in [5, 5.41) is 2.82. The van der Waals surface area contributed by atoms with Gasteiger partial charge >= 0.3 is 0 Å². The Hall–Kier alpha value is -2.97. The van der Waals surface area contributed by atoms with Crippen molar-refractivity contribution >= 4 is 34.5 Å². The molecule has 7 nitrogen and oxygen atoms in total. The highest BCUT2D eigenvalue weighted by Gasteiger charge is 2.30. The van der Waals surface area contributed by atoms with Gasteiger partial charge in [0.05, 0.1) is 10.9 Å². The molecule has 2 amide bonds. The molecule has 1 N–H and O–H groups in total. The van der Waals surface area contributed by atoms with Gasteiger partial charge in [-0.2, -0.15) is 0 Å². The molecule has 35 heavy (non-hydrogen) atoms. The number of hydrogen-bond acceptors (Lipinski definition) is 6. The summed E-state index contributed by atoms with van der Waals surface area (Å²) < 4.78 is 1.43. The maximum absolute atomic E-state index is 13.3. The highest BCUT2D eigenvalue weighted by atomic mass is 32.2. The summed E-state index contributed by atoms with van der Waals surface area (Å²) in [6, 6.07) is 13.7. The van der Waals surface area contributed by atoms with Crippen LogP contribution in [0.1, 0.15) is 55.1 Å². The van der Waals surface area contributed by atoms with E-state index in [0.29, 0.717) is 23.1 Å². The van der Waals surface area contributed by atoms with Crippen LogP contribution < -0.4 is 10.9 Å². The zero-order chi connectivity index (χ0) is 24.4. The number of likely N-dealkylation sites (tertiary alicyclic amines) is 1. The summed E-state index contributed by atoms with van der Waals surface area (Å²) >= 11 is 1.66. The smallest absolute Gasteiger partial charge is 0.262 e. The molecule has 1 aromatic heterocycles. The van der Waals surface area contributed by atoms with Crippen LogP contribution in [0.4, 0.5) is 0 Å². The fraction of sp³-hybridized carbons (Fsp3) is 0.407. The van der Waals surface area contributed by atoms with E-state index in [2.05, 4.69) is 34.5 Å². The number of hydrogen-bond donors (Lipinski definition) is 1. The van der Waals surface area contributed by atoms with Gasteiger partial charge in [0.2, 0.25) is 11.8 Å². The highest BCUT2D eigenvalue weighted by Crippen LogP contribution is 2.29. The minimum absolute atomic E-state index is 0.215. The van der Waals surface area contributed by atoms with Gasteiger partial charge in [-0.3, -0.25) is 29.2 Å². The Bertz CT molecular complexity index is 1310. The van der Waals surface area contributed by atoms with Crippen molar-refractivity contribution in [1.29, 1.82) is 0 Å². The van der Waals surface area contributed by atoms with Crippen LogP contribution in [0.25, 0.3) is 10.9 Å². The molecule has 8 heteroatoms. The first-order valence-corrected chi connectivity index (χ1v) is 13.3. The van der Waals surface area contributed by atoms with E-state index in [1.54, 1.807) is 24.8 Å². The summed E-state index contributed by atoms with van der Waals surface area (Å²) in [6.45, 7) is 5.14. The molecule has 5 rings (SSSR count). The number of thioether (sulfide) groups is 1. The third-order valence-electron chi connectivity index (χ3n) is 6.86. The first-order chi connectivity index (χ1) is 17.0. The average molecular weight is 491 g/mol. The number of nitrogens with one attached hydrogen (secondary N) is 1. The number of amides is 2. The molecule has 2 aliphatic rings. The van der Waals surface area contributed by atoms with Crippen LogP contribution in [-0.2, 0) is 21.9 Å². The van der Waals surface area contributed by atoms with E-state index < -0.39 is 11.9 Å². The predicted octanol–water partition coefficient (Wildman–Crippen LogP) is 3.96. The van der Waals surface area contributed by atoms with Crippen molar-refractivity contribution in [2.45, 2.75) is 62.3 Å². The second kappa shape index (κ2) is 10.3. The van der Waals surface area contributed by atoms with E-state index in [4.69, 9.17) is 4.98 Å². The topological polar surface area (TPSA) is 84.3 Å². The molecule has 182 valence electrons. The van der Waals surface area contributed by atoms with Crippen LogP contribution in [0.2, 0.25) is 0 Å². The molecule has 1 atom stereocenters. The number of carbonyl (C=O) groups excluding carboxylic acids is 2. The molecule has 2 saturated heterocycles. The van der Waals surface area contributed by atoms with Crippen molar-refractivity contribution < 1.29 is 9.59 Å². The van der Waals surface area contributed by atoms with Gasteiger partial charge in [0.15, 0.2) is 0 Å². The molecule has 3 heterocycles. The van der Waals surface area contributed by atoms with Gasteiger partial charge < -0.3 is 0 Å². The molecule has 0 saturated carbocycles. The van der Waals surface area contributed by atoms with Gasteiger partial charge in [-0.1, -0.05) is 36.8 Å². The molecule has 0 aliphatic carbocycles. The molecule has 0 radical (unpaired) electrons. The summed E-state index contributed by atoms with van der Waals surface area (Å²) in [4.78, 5) is 45.5. The van der Waals surface area contributed by atoms with Gasteiger partial charge in [-0.25, -0.2) is 4.98 Å². The summed E-state index contributed by atoms with van der Waals surface area (Å²) in [5.41, 5.74) is 2.98. The van der Waals surface area contributed by atoms with Crippen molar-refractivity contribution in [3.05, 3.63) is 69.8 Å². The average Bonchev–Trinajstić information content (AvgIpc) is 2.86. The third-order valence-corrected chi connectivity index (χ3v) is 7.98. The molecule has 3 aromatic rings. The first kappa shape index (κ1) is 23.8. The number of imide groups is 1. The third kappa shape index (κ3) is 5.18. The summed E-state index contributed by atoms with van der Waals surface area (Å²) in [6.07, 6.45) is 4.46. The first-order valence-electron chi connectivity index (χ1n) is 12.3. The largest absolute Gasteiger partial charge is 0.299 e. The van der Waals surface area contributed by atoms with E-state index in [1.807, 2.05) is 12.1 Å². The van der Waals surface area contributed by atoms with Crippen LogP contribution in [0.15, 0.2) is 52.2 Å². The predicted molar refractivity (Wildman–Crippen MR) is 137 cm³/mol. The SMILES string of the molecule is Cc1nc2c(SCc3ccc(CN4CCCCC4)cc3)cccc2c(=O)n1C1CCC(=O)NC1=O. The molecule has 0 spiro atoms. The highest BCUT2D eigenvalue weighted by molar-refractivity contribution is 7.98. The second-order valence-corrected chi connectivity index (χ2v) is 10.4. The van der Waals surface area contributed by atoms with Crippen LogP contribution >= 0.6 is 11.8 Å². The van der Waals surface area contributed by atoms with Crippen molar-refractivity contribution in [2.75, 3.05) is 13.1 Å². The van der Waals surface area contributed by atoms with Crippen molar-refractivity contribution in [1.82, 2.24) is 19.8 Å². The summed E-state index contributed by atoms with van der Waals surface area (Å²) in [7, 11) is 0. The van der Waals surface area contributed by atoms with Gasteiger partial charge in [-0.15, -0.1) is 11.8 Å². The lowest BCUT2D eigenvalue weighted by Crippen LogP contribution is -2.45. The standard InChI is InChI=1S/C27H30N4O3S/c1-18-28-25-21(27(34)31(18)22-12-13-24(32)29-26(22)33)6-5-7-23(25)35-17-20-10-8-19(9-11-20)16-30-14-3-2-4-15-30/h5-11,22H,2-4,12-17H2,1H3,(H,29,32,33). The second-order valence-electron chi connectivity index (χ2n) is 9.40. The minimum atomic E-state index is -0.711. The summed E-state index contributed by atoms with van der Waals surface area (Å²) in [5.74, 6) is 0.512. The van der Waals surface area contributed by atoms with Crippen LogP contribution in [0.3, 0.4) is 0 Å². The normalized spacial score (nSPS) is 19.2. The van der Waals surface area contributed by atoms with Gasteiger partial charge in [-0.05, 0) is 62.5 Å². The number of para-hydroxylation sites is 1. The number of aromatic nitrogens is 2. The number of fused-ring (bicyclic) bond motifs is 1. The maximum Gasteiger partial charge on any atom is 0.262 e. The Morgan fingerprint density at radius 3 is 2.49 bits per heavy atom. The quantitative estimate of drug-likeness (QED) is 0.416. The number of aryl methyl sites for hydroxylation is 1. The zero-order valence-electron chi connectivity index (χ0n) is 20.0. The van der Waals surface area contributed by atoms with E-state index in [-0.39, 0.29) is 17.9 Å².